The topological polar surface area (TPSA) is 79.0 Å². The van der Waals surface area contributed by atoms with Gasteiger partial charge in [0.1, 0.15) is 0 Å². The van der Waals surface area contributed by atoms with Crippen molar-refractivity contribution >= 4 is 29.2 Å². The zero-order valence-electron chi connectivity index (χ0n) is 10.0. The molecule has 0 atom stereocenters. The molecular weight excluding hydrogens is 302 g/mol. The summed E-state index contributed by atoms with van der Waals surface area (Å²) in [6, 6.07) is 4.93. The van der Waals surface area contributed by atoms with E-state index in [1.807, 2.05) is 0 Å². The largest absolute Gasteiger partial charge is 1.00 e. The van der Waals surface area contributed by atoms with Gasteiger partial charge in [-0.25, -0.2) is 0 Å². The summed E-state index contributed by atoms with van der Waals surface area (Å²) < 4.78 is 4.91. The summed E-state index contributed by atoms with van der Waals surface area (Å²) in [6.45, 7) is 0. The van der Waals surface area contributed by atoms with Gasteiger partial charge in [0.2, 0.25) is 11.7 Å². The van der Waals surface area contributed by atoms with Crippen LogP contribution in [0.5, 0.6) is 0 Å². The quantitative estimate of drug-likeness (QED) is 0.658. The Bertz CT molecular complexity index is 589. The molecule has 19 heavy (non-hydrogen) atoms. The fraction of sp³-hybridized carbons (Fsp3) is 0.182. The number of carboxylic acids is 1. The number of aromatic nitrogens is 2. The van der Waals surface area contributed by atoms with Crippen molar-refractivity contribution in [1.82, 2.24) is 10.1 Å². The molecule has 0 fully saturated rings. The van der Waals surface area contributed by atoms with Crippen LogP contribution in [-0.4, -0.2) is 16.1 Å². The average Bonchev–Trinajstić information content (AvgIpc) is 2.79. The monoisotopic (exact) mass is 308 g/mol. The van der Waals surface area contributed by atoms with Gasteiger partial charge >= 0.3 is 29.6 Å². The smallest absolute Gasteiger partial charge is 0.550 e. The molecule has 1 heterocycles. The third-order valence-corrected chi connectivity index (χ3v) is 2.93. The normalized spacial score (nSPS) is 10.0. The molecule has 0 bridgehead atoms. The minimum Gasteiger partial charge on any atom is -0.550 e. The second-order valence-corrected chi connectivity index (χ2v) is 4.33. The van der Waals surface area contributed by atoms with Crippen LogP contribution in [0.25, 0.3) is 11.4 Å². The van der Waals surface area contributed by atoms with E-state index < -0.39 is 5.97 Å². The second kappa shape index (κ2) is 7.26. The number of rotatable bonds is 4. The van der Waals surface area contributed by atoms with Crippen molar-refractivity contribution < 1.29 is 44.0 Å². The molecule has 5 nitrogen and oxygen atoms in total. The first kappa shape index (κ1) is 16.5. The second-order valence-electron chi connectivity index (χ2n) is 3.51. The standard InChI is InChI=1S/C11H8Cl2N2O3.Na/c12-7-2-1-6(5-8(7)13)11-14-9(18-15-11)3-4-10(16)17;/h1-2,5H,3-4H2,(H,16,17);/q;+1/p-1. The summed E-state index contributed by atoms with van der Waals surface area (Å²) in [5, 5.41) is 14.8. The van der Waals surface area contributed by atoms with Gasteiger partial charge in [0, 0.05) is 18.0 Å². The van der Waals surface area contributed by atoms with E-state index in [4.69, 9.17) is 27.7 Å². The first-order valence-electron chi connectivity index (χ1n) is 5.04. The van der Waals surface area contributed by atoms with Gasteiger partial charge < -0.3 is 14.4 Å². The molecule has 94 valence electrons. The first-order chi connectivity index (χ1) is 8.56. The molecule has 1 aromatic heterocycles. The average molecular weight is 309 g/mol. The van der Waals surface area contributed by atoms with E-state index in [9.17, 15) is 9.90 Å². The Balaban J connectivity index is 0.00000180. The van der Waals surface area contributed by atoms with Crippen LogP contribution in [0.3, 0.4) is 0 Å². The van der Waals surface area contributed by atoms with Crippen LogP contribution in [0.4, 0.5) is 0 Å². The maximum Gasteiger partial charge on any atom is 1.00 e. The summed E-state index contributed by atoms with van der Waals surface area (Å²) in [7, 11) is 0. The van der Waals surface area contributed by atoms with Gasteiger partial charge in [0.15, 0.2) is 0 Å². The predicted octanol–water partition coefficient (Wildman–Crippen LogP) is -1.27. The molecule has 2 aromatic rings. The molecule has 1 aromatic carbocycles. The summed E-state index contributed by atoms with van der Waals surface area (Å²) in [5.74, 6) is -0.591. The number of carbonyl (C=O) groups is 1. The minimum atomic E-state index is -1.16. The fourth-order valence-corrected chi connectivity index (χ4v) is 1.62. The van der Waals surface area contributed by atoms with E-state index in [1.54, 1.807) is 18.2 Å². The number of hydrogen-bond donors (Lipinski definition) is 0. The van der Waals surface area contributed by atoms with Gasteiger partial charge in [0.25, 0.3) is 0 Å². The van der Waals surface area contributed by atoms with Crippen molar-refractivity contribution in [1.29, 1.82) is 0 Å². The maximum absolute atomic E-state index is 10.3. The molecule has 0 N–H and O–H groups in total. The molecule has 0 saturated carbocycles. The summed E-state index contributed by atoms with van der Waals surface area (Å²) >= 11 is 11.7. The Kier molecular flexibility index (Phi) is 6.29. The number of carboxylic acid groups (broad SMARTS) is 1. The number of halogens is 2. The third-order valence-electron chi connectivity index (χ3n) is 2.19. The number of benzene rings is 1. The van der Waals surface area contributed by atoms with E-state index in [-0.39, 0.29) is 48.3 Å². The molecule has 0 spiro atoms. The molecule has 2 rings (SSSR count). The Morgan fingerprint density at radius 1 is 1.32 bits per heavy atom. The van der Waals surface area contributed by atoms with Crippen LogP contribution in [0.1, 0.15) is 12.3 Å². The number of aryl methyl sites for hydroxylation is 1. The van der Waals surface area contributed by atoms with Crippen molar-refractivity contribution in [2.45, 2.75) is 12.8 Å². The SMILES string of the molecule is O=C([O-])CCc1nc(-c2ccc(Cl)c(Cl)c2)no1.[Na+]. The minimum absolute atomic E-state index is 0. The zero-order valence-corrected chi connectivity index (χ0v) is 13.5. The van der Waals surface area contributed by atoms with Gasteiger partial charge in [-0.1, -0.05) is 28.4 Å². The summed E-state index contributed by atoms with van der Waals surface area (Å²) in [6.07, 6.45) is -0.0281. The molecule has 0 unspecified atom stereocenters. The number of hydrogen-bond acceptors (Lipinski definition) is 5. The van der Waals surface area contributed by atoms with Crippen molar-refractivity contribution in [2.75, 3.05) is 0 Å². The van der Waals surface area contributed by atoms with Crippen LogP contribution >= 0.6 is 23.2 Å². The van der Waals surface area contributed by atoms with E-state index in [1.165, 1.54) is 0 Å². The Morgan fingerprint density at radius 3 is 2.68 bits per heavy atom. The molecule has 0 radical (unpaired) electrons. The third kappa shape index (κ3) is 4.47. The van der Waals surface area contributed by atoms with E-state index in [2.05, 4.69) is 10.1 Å². The van der Waals surface area contributed by atoms with Crippen molar-refractivity contribution in [2.24, 2.45) is 0 Å². The van der Waals surface area contributed by atoms with Crippen molar-refractivity contribution in [3.8, 4) is 11.4 Å². The first-order valence-corrected chi connectivity index (χ1v) is 5.79. The molecule has 0 aliphatic heterocycles. The summed E-state index contributed by atoms with van der Waals surface area (Å²) in [5.41, 5.74) is 0.646. The zero-order chi connectivity index (χ0) is 13.1. The molecule has 0 aliphatic carbocycles. The fourth-order valence-electron chi connectivity index (χ4n) is 1.32. The number of nitrogens with zero attached hydrogens (tertiary/aromatic N) is 2. The number of carbonyl (C=O) groups excluding carboxylic acids is 1. The van der Waals surface area contributed by atoms with Gasteiger partial charge in [-0.2, -0.15) is 4.98 Å². The van der Waals surface area contributed by atoms with Gasteiger partial charge in [-0.3, -0.25) is 0 Å². The van der Waals surface area contributed by atoms with Crippen LogP contribution in [0.2, 0.25) is 10.0 Å². The molecule has 0 saturated heterocycles. The van der Waals surface area contributed by atoms with Crippen LogP contribution in [-0.2, 0) is 11.2 Å². The summed E-state index contributed by atoms with van der Waals surface area (Å²) in [4.78, 5) is 14.4. The van der Waals surface area contributed by atoms with Gasteiger partial charge in [-0.15, -0.1) is 0 Å². The van der Waals surface area contributed by atoms with Gasteiger partial charge in [-0.05, 0) is 24.6 Å². The Hall–Kier alpha value is -0.590. The van der Waals surface area contributed by atoms with Crippen LogP contribution < -0.4 is 34.7 Å². The molecular formula is C11H7Cl2N2NaO3. The molecule has 8 heteroatoms. The van der Waals surface area contributed by atoms with Gasteiger partial charge in [0.05, 0.1) is 10.0 Å². The molecule has 0 amide bonds. The molecule has 0 aliphatic rings. The van der Waals surface area contributed by atoms with Crippen LogP contribution in [0, 0.1) is 0 Å². The van der Waals surface area contributed by atoms with Crippen molar-refractivity contribution in [3.05, 3.63) is 34.1 Å². The van der Waals surface area contributed by atoms with Crippen molar-refractivity contribution in [3.63, 3.8) is 0 Å². The van der Waals surface area contributed by atoms with E-state index in [0.29, 0.717) is 21.4 Å². The Labute approximate surface area is 141 Å². The van der Waals surface area contributed by atoms with Crippen LogP contribution in [0.15, 0.2) is 22.7 Å². The Morgan fingerprint density at radius 2 is 2.05 bits per heavy atom. The van der Waals surface area contributed by atoms with E-state index >= 15 is 0 Å². The maximum atomic E-state index is 10.3. The number of aliphatic carboxylic acids is 1. The predicted molar refractivity (Wildman–Crippen MR) is 63.1 cm³/mol. The van der Waals surface area contributed by atoms with E-state index in [0.717, 1.165) is 0 Å².